The van der Waals surface area contributed by atoms with Crippen molar-refractivity contribution >= 4 is 59.6 Å². The van der Waals surface area contributed by atoms with Crippen LogP contribution in [0.15, 0.2) is 23.1 Å². The second kappa shape index (κ2) is 8.91. The van der Waals surface area contributed by atoms with Crippen molar-refractivity contribution in [2.75, 3.05) is 26.7 Å². The molecule has 3 amide bonds. The summed E-state index contributed by atoms with van der Waals surface area (Å²) in [5.41, 5.74) is 1.24. The predicted molar refractivity (Wildman–Crippen MR) is 105 cm³/mol. The van der Waals surface area contributed by atoms with E-state index in [4.69, 9.17) is 24.8 Å². The Kier molecular flexibility index (Phi) is 6.89. The van der Waals surface area contributed by atoms with Crippen molar-refractivity contribution in [1.82, 2.24) is 15.5 Å². The molecule has 2 rings (SSSR count). The Morgan fingerprint density at radius 2 is 2.28 bits per heavy atom. The standard InChI is InChI=1S/C16H18BN3O3S2/c1-3-18-15(22)20(2)6-7-23-12-5-4-11(17)8-10(12)9-13-14(21)19-16(24)25-13/h4-5,8-9H,3,6-7H2,1-2H3,(H,18,22)(H,19,21,24)/b13-9-. The normalized spacial score (nSPS) is 15.2. The number of amides is 3. The first-order valence-corrected chi connectivity index (χ1v) is 8.89. The van der Waals surface area contributed by atoms with Crippen LogP contribution in [0.1, 0.15) is 12.5 Å². The van der Waals surface area contributed by atoms with Crippen LogP contribution in [0.4, 0.5) is 4.79 Å². The van der Waals surface area contributed by atoms with Crippen LogP contribution in [-0.4, -0.2) is 55.7 Å². The molecule has 1 aromatic carbocycles. The van der Waals surface area contributed by atoms with E-state index in [0.29, 0.717) is 45.7 Å². The average molecular weight is 375 g/mol. The van der Waals surface area contributed by atoms with Crippen LogP contribution in [0, 0.1) is 0 Å². The molecule has 0 unspecified atom stereocenters. The number of rotatable bonds is 6. The lowest BCUT2D eigenvalue weighted by molar-refractivity contribution is -0.115. The highest BCUT2D eigenvalue weighted by molar-refractivity contribution is 8.26. The molecular formula is C16H18BN3O3S2. The van der Waals surface area contributed by atoms with Gasteiger partial charge in [-0.1, -0.05) is 41.6 Å². The summed E-state index contributed by atoms with van der Waals surface area (Å²) in [7, 11) is 7.53. The zero-order chi connectivity index (χ0) is 18.4. The SMILES string of the molecule is [B]c1ccc(OCCN(C)C(=O)NCC)c(/C=C2\SC(=S)NC2=O)c1. The number of hydrogen-bond donors (Lipinski definition) is 2. The fourth-order valence-corrected chi connectivity index (χ4v) is 3.09. The Morgan fingerprint density at radius 3 is 2.92 bits per heavy atom. The van der Waals surface area contributed by atoms with Gasteiger partial charge in [-0.15, -0.1) is 0 Å². The highest BCUT2D eigenvalue weighted by Crippen LogP contribution is 2.28. The molecule has 9 heteroatoms. The second-order valence-electron chi connectivity index (χ2n) is 5.25. The van der Waals surface area contributed by atoms with E-state index in [1.807, 2.05) is 6.92 Å². The molecule has 1 saturated heterocycles. The monoisotopic (exact) mass is 375 g/mol. The van der Waals surface area contributed by atoms with E-state index in [-0.39, 0.29) is 11.9 Å². The van der Waals surface area contributed by atoms with Crippen molar-refractivity contribution < 1.29 is 14.3 Å². The van der Waals surface area contributed by atoms with Crippen LogP contribution < -0.4 is 20.8 Å². The van der Waals surface area contributed by atoms with Crippen molar-refractivity contribution in [3.05, 3.63) is 28.7 Å². The number of ether oxygens (including phenoxy) is 1. The zero-order valence-corrected chi connectivity index (χ0v) is 15.6. The smallest absolute Gasteiger partial charge is 0.317 e. The number of nitrogens with zero attached hydrogens (tertiary/aromatic N) is 1. The molecule has 0 aliphatic carbocycles. The molecule has 1 heterocycles. The van der Waals surface area contributed by atoms with Crippen molar-refractivity contribution in [2.45, 2.75) is 6.92 Å². The predicted octanol–water partition coefficient (Wildman–Crippen LogP) is 1.01. The fraction of sp³-hybridized carbons (Fsp3) is 0.312. The quantitative estimate of drug-likeness (QED) is 0.441. The molecule has 25 heavy (non-hydrogen) atoms. The third-order valence-electron chi connectivity index (χ3n) is 3.32. The molecule has 1 aromatic rings. The van der Waals surface area contributed by atoms with E-state index in [1.54, 1.807) is 31.3 Å². The number of carbonyl (C=O) groups excluding carboxylic acids is 2. The third-order valence-corrected chi connectivity index (χ3v) is 4.48. The summed E-state index contributed by atoms with van der Waals surface area (Å²) in [6, 6.07) is 5.03. The van der Waals surface area contributed by atoms with Crippen molar-refractivity contribution in [2.24, 2.45) is 0 Å². The molecule has 1 aliphatic heterocycles. The van der Waals surface area contributed by atoms with Crippen LogP contribution in [0.2, 0.25) is 0 Å². The maximum atomic E-state index is 11.8. The van der Waals surface area contributed by atoms with Gasteiger partial charge < -0.3 is 20.3 Å². The van der Waals surface area contributed by atoms with Crippen LogP contribution in [-0.2, 0) is 4.79 Å². The number of carbonyl (C=O) groups is 2. The molecule has 1 fully saturated rings. The summed E-state index contributed by atoms with van der Waals surface area (Å²) in [4.78, 5) is 25.5. The number of thiocarbonyl (C=S) groups is 1. The summed E-state index contributed by atoms with van der Waals surface area (Å²) in [6.07, 6.45) is 1.69. The molecule has 0 spiro atoms. The third kappa shape index (κ3) is 5.50. The van der Waals surface area contributed by atoms with Gasteiger partial charge in [-0.3, -0.25) is 4.79 Å². The molecule has 0 aromatic heterocycles. The average Bonchev–Trinajstić information content (AvgIpc) is 2.87. The van der Waals surface area contributed by atoms with Gasteiger partial charge in [0.25, 0.3) is 5.91 Å². The first-order valence-electron chi connectivity index (χ1n) is 7.67. The molecule has 1 aliphatic rings. The highest BCUT2D eigenvalue weighted by Gasteiger charge is 2.22. The minimum atomic E-state index is -0.237. The molecule has 0 saturated carbocycles. The van der Waals surface area contributed by atoms with Gasteiger partial charge in [0.1, 0.15) is 24.5 Å². The maximum absolute atomic E-state index is 11.8. The molecular weight excluding hydrogens is 357 g/mol. The van der Waals surface area contributed by atoms with E-state index < -0.39 is 0 Å². The summed E-state index contributed by atoms with van der Waals surface area (Å²) in [5, 5.41) is 5.28. The number of benzene rings is 1. The van der Waals surface area contributed by atoms with Crippen LogP contribution in [0.3, 0.4) is 0 Å². The van der Waals surface area contributed by atoms with Gasteiger partial charge in [0.15, 0.2) is 0 Å². The van der Waals surface area contributed by atoms with Gasteiger partial charge >= 0.3 is 6.03 Å². The van der Waals surface area contributed by atoms with E-state index in [1.165, 1.54) is 16.7 Å². The fourth-order valence-electron chi connectivity index (χ4n) is 2.05. The number of nitrogens with one attached hydrogen (secondary N) is 2. The Labute approximate surface area is 157 Å². The minimum Gasteiger partial charge on any atom is -0.491 e. The Bertz CT molecular complexity index is 725. The van der Waals surface area contributed by atoms with Crippen LogP contribution in [0.25, 0.3) is 6.08 Å². The highest BCUT2D eigenvalue weighted by atomic mass is 32.2. The van der Waals surface area contributed by atoms with Gasteiger partial charge in [-0.05, 0) is 19.1 Å². The van der Waals surface area contributed by atoms with Crippen molar-refractivity contribution in [1.29, 1.82) is 0 Å². The Balaban J connectivity index is 2.06. The lowest BCUT2D eigenvalue weighted by atomic mass is 9.94. The van der Waals surface area contributed by atoms with Gasteiger partial charge in [0, 0.05) is 19.2 Å². The first kappa shape index (κ1) is 19.3. The number of hydrogen-bond acceptors (Lipinski definition) is 5. The van der Waals surface area contributed by atoms with Gasteiger partial charge in [-0.25, -0.2) is 4.79 Å². The van der Waals surface area contributed by atoms with Crippen molar-refractivity contribution in [3.8, 4) is 5.75 Å². The van der Waals surface area contributed by atoms with Gasteiger partial charge in [-0.2, -0.15) is 0 Å². The number of likely N-dealkylation sites (N-methyl/N-ethyl adjacent to an activating group) is 1. The van der Waals surface area contributed by atoms with Crippen molar-refractivity contribution in [3.63, 3.8) is 0 Å². The van der Waals surface area contributed by atoms with E-state index in [0.717, 1.165) is 0 Å². The van der Waals surface area contributed by atoms with E-state index in [2.05, 4.69) is 10.6 Å². The lowest BCUT2D eigenvalue weighted by Gasteiger charge is -2.18. The molecule has 0 bridgehead atoms. The van der Waals surface area contributed by atoms with Crippen LogP contribution in [0.5, 0.6) is 5.75 Å². The topological polar surface area (TPSA) is 70.7 Å². The van der Waals surface area contributed by atoms with Crippen LogP contribution >= 0.6 is 24.0 Å². The summed E-state index contributed by atoms with van der Waals surface area (Å²) < 4.78 is 6.19. The molecule has 2 radical (unpaired) electrons. The zero-order valence-electron chi connectivity index (χ0n) is 14.0. The largest absolute Gasteiger partial charge is 0.491 e. The molecule has 6 nitrogen and oxygen atoms in total. The summed E-state index contributed by atoms with van der Waals surface area (Å²) in [6.45, 7) is 3.16. The molecule has 130 valence electrons. The first-order chi connectivity index (χ1) is 11.9. The molecule has 0 atom stereocenters. The summed E-state index contributed by atoms with van der Waals surface area (Å²) >= 11 is 6.18. The molecule has 2 N–H and O–H groups in total. The van der Waals surface area contributed by atoms with E-state index >= 15 is 0 Å². The van der Waals surface area contributed by atoms with Gasteiger partial charge in [0.2, 0.25) is 0 Å². The summed E-state index contributed by atoms with van der Waals surface area (Å²) in [5.74, 6) is 0.344. The Hall–Kier alpha value is -2.00. The lowest BCUT2D eigenvalue weighted by Crippen LogP contribution is -2.39. The Morgan fingerprint density at radius 1 is 1.52 bits per heavy atom. The van der Waals surface area contributed by atoms with E-state index in [9.17, 15) is 9.59 Å². The number of urea groups is 1. The maximum Gasteiger partial charge on any atom is 0.317 e. The van der Waals surface area contributed by atoms with Gasteiger partial charge in [0.05, 0.1) is 11.4 Å². The second-order valence-corrected chi connectivity index (χ2v) is 6.97. The minimum absolute atomic E-state index is 0.154. The number of thioether (sulfide) groups is 1.